The quantitative estimate of drug-likeness (QED) is 0.839. The van der Waals surface area contributed by atoms with Crippen LogP contribution in [0.2, 0.25) is 5.02 Å². The molecule has 126 valence electrons. The van der Waals surface area contributed by atoms with Crippen LogP contribution in [0.1, 0.15) is 12.8 Å². The molecule has 1 N–H and O–H groups in total. The number of nitrogens with one attached hydrogen (secondary N) is 1. The Balaban J connectivity index is 1.71. The Labute approximate surface area is 143 Å². The zero-order valence-electron chi connectivity index (χ0n) is 13.0. The minimum Gasteiger partial charge on any atom is -0.352 e. The maximum Gasteiger partial charge on any atom is 0.272 e. The van der Waals surface area contributed by atoms with Crippen molar-refractivity contribution in [2.24, 2.45) is 0 Å². The Morgan fingerprint density at radius 1 is 1.33 bits per heavy atom. The fourth-order valence-corrected chi connectivity index (χ4v) is 3.74. The first-order valence-corrected chi connectivity index (χ1v) is 8.40. The summed E-state index contributed by atoms with van der Waals surface area (Å²) in [6.45, 7) is 3.66. The molecular weight excluding hydrogens is 333 g/mol. The van der Waals surface area contributed by atoms with E-state index in [1.165, 1.54) is 18.7 Å². The molecule has 2 aromatic heterocycles. The lowest BCUT2D eigenvalue weighted by Crippen LogP contribution is -2.50. The summed E-state index contributed by atoms with van der Waals surface area (Å²) < 4.78 is 13.4. The number of piperazine rings is 1. The molecule has 4 heterocycles. The number of halogens is 2. The number of aromatic amines is 1. The zero-order valence-corrected chi connectivity index (χ0v) is 13.8. The van der Waals surface area contributed by atoms with Gasteiger partial charge >= 0.3 is 0 Å². The molecule has 2 aromatic rings. The smallest absolute Gasteiger partial charge is 0.272 e. The first kappa shape index (κ1) is 15.5. The first-order valence-electron chi connectivity index (χ1n) is 8.02. The van der Waals surface area contributed by atoms with Crippen molar-refractivity contribution in [3.8, 4) is 11.4 Å². The predicted molar refractivity (Wildman–Crippen MR) is 89.9 cm³/mol. The molecule has 4 rings (SSSR count). The molecule has 0 radical (unpaired) electrons. The molecule has 0 saturated carbocycles. The van der Waals surface area contributed by atoms with Crippen LogP contribution in [0.25, 0.3) is 11.4 Å². The Bertz CT molecular complexity index is 826. The van der Waals surface area contributed by atoms with Gasteiger partial charge in [0.05, 0.1) is 0 Å². The topological polar surface area (TPSA) is 65.1 Å². The molecule has 0 spiro atoms. The van der Waals surface area contributed by atoms with Gasteiger partial charge in [-0.2, -0.15) is 4.39 Å². The highest BCUT2D eigenvalue weighted by molar-refractivity contribution is 6.32. The van der Waals surface area contributed by atoms with Gasteiger partial charge in [-0.1, -0.05) is 11.6 Å². The number of hydrogen-bond acceptors (Lipinski definition) is 5. The second-order valence-corrected chi connectivity index (χ2v) is 6.58. The Hall–Kier alpha value is -1.99. The minimum atomic E-state index is -0.619. The summed E-state index contributed by atoms with van der Waals surface area (Å²) in [5, 5.41) is 0.0831. The molecule has 0 amide bonds. The number of nitrogens with zero attached hydrogens (tertiary/aromatic N) is 4. The third-order valence-corrected chi connectivity index (χ3v) is 5.07. The third-order valence-electron chi connectivity index (χ3n) is 4.73. The molecule has 2 saturated heterocycles. The standard InChI is InChI=1S/C16H17ClFN5O/c17-13-15(23-7-6-22-5-1-2-11(22)9-23)20-14(21-16(13)24)10-3-4-19-12(18)8-10/h3-4,8,11H,1-2,5-7,9H2,(H,20,21,24)/t11-/m0/s1. The van der Waals surface area contributed by atoms with E-state index >= 15 is 0 Å². The van der Waals surface area contributed by atoms with Crippen LogP contribution >= 0.6 is 11.6 Å². The second-order valence-electron chi connectivity index (χ2n) is 6.20. The molecule has 8 heteroatoms. The normalized spacial score (nSPS) is 21.1. The van der Waals surface area contributed by atoms with E-state index in [2.05, 4.69) is 24.8 Å². The molecule has 2 aliphatic rings. The van der Waals surface area contributed by atoms with Crippen LogP contribution in [-0.2, 0) is 0 Å². The van der Waals surface area contributed by atoms with Crippen LogP contribution in [0, 0.1) is 5.95 Å². The Morgan fingerprint density at radius 3 is 3.04 bits per heavy atom. The molecule has 0 aromatic carbocycles. The largest absolute Gasteiger partial charge is 0.352 e. The third kappa shape index (κ3) is 2.78. The highest BCUT2D eigenvalue weighted by atomic mass is 35.5. The summed E-state index contributed by atoms with van der Waals surface area (Å²) in [6.07, 6.45) is 3.70. The van der Waals surface area contributed by atoms with E-state index in [0.717, 1.165) is 32.6 Å². The zero-order chi connectivity index (χ0) is 16.7. The highest BCUT2D eigenvalue weighted by Crippen LogP contribution is 2.28. The fraction of sp³-hybridized carbons (Fsp3) is 0.438. The van der Waals surface area contributed by atoms with Gasteiger partial charge in [0.25, 0.3) is 5.56 Å². The van der Waals surface area contributed by atoms with Crippen LogP contribution in [0.3, 0.4) is 0 Å². The molecule has 6 nitrogen and oxygen atoms in total. The lowest BCUT2D eigenvalue weighted by Gasteiger charge is -2.38. The van der Waals surface area contributed by atoms with Gasteiger partial charge in [-0.3, -0.25) is 9.69 Å². The van der Waals surface area contributed by atoms with Gasteiger partial charge in [-0.15, -0.1) is 0 Å². The summed E-state index contributed by atoms with van der Waals surface area (Å²) in [5.41, 5.74) is 0.0553. The van der Waals surface area contributed by atoms with Crippen LogP contribution in [0.4, 0.5) is 10.2 Å². The SMILES string of the molecule is O=c1[nH]c(-c2ccnc(F)c2)nc(N2CCN3CCC[C@H]3C2)c1Cl. The van der Waals surface area contributed by atoms with E-state index in [4.69, 9.17) is 11.6 Å². The summed E-state index contributed by atoms with van der Waals surface area (Å²) in [6, 6.07) is 3.33. The lowest BCUT2D eigenvalue weighted by atomic mass is 10.1. The number of fused-ring (bicyclic) bond motifs is 1. The summed E-state index contributed by atoms with van der Waals surface area (Å²) >= 11 is 6.21. The van der Waals surface area contributed by atoms with Gasteiger partial charge in [-0.05, 0) is 25.5 Å². The Kier molecular flexibility index (Phi) is 3.97. The maximum absolute atomic E-state index is 13.4. The Morgan fingerprint density at radius 2 is 2.21 bits per heavy atom. The van der Waals surface area contributed by atoms with Gasteiger partial charge in [0, 0.05) is 43.5 Å². The molecule has 0 bridgehead atoms. The number of pyridine rings is 1. The second kappa shape index (κ2) is 6.14. The van der Waals surface area contributed by atoms with Crippen LogP contribution in [0.5, 0.6) is 0 Å². The van der Waals surface area contributed by atoms with Crippen LogP contribution in [0.15, 0.2) is 23.1 Å². The number of hydrogen-bond donors (Lipinski definition) is 1. The molecule has 0 unspecified atom stereocenters. The van der Waals surface area contributed by atoms with Crippen molar-refractivity contribution in [3.05, 3.63) is 39.7 Å². The lowest BCUT2D eigenvalue weighted by molar-refractivity contribution is 0.230. The summed E-state index contributed by atoms with van der Waals surface area (Å²) in [4.78, 5) is 27.4. The van der Waals surface area contributed by atoms with Crippen molar-refractivity contribution in [2.45, 2.75) is 18.9 Å². The van der Waals surface area contributed by atoms with Crippen molar-refractivity contribution < 1.29 is 4.39 Å². The fourth-order valence-electron chi connectivity index (χ4n) is 3.53. The van der Waals surface area contributed by atoms with Crippen molar-refractivity contribution in [2.75, 3.05) is 31.1 Å². The average molecular weight is 350 g/mol. The van der Waals surface area contributed by atoms with E-state index in [1.807, 2.05) is 0 Å². The van der Waals surface area contributed by atoms with Crippen molar-refractivity contribution in [1.82, 2.24) is 19.9 Å². The monoisotopic (exact) mass is 349 g/mol. The maximum atomic E-state index is 13.4. The first-order chi connectivity index (χ1) is 11.6. The van der Waals surface area contributed by atoms with E-state index in [-0.39, 0.29) is 5.02 Å². The number of aromatic nitrogens is 3. The molecule has 1 atom stereocenters. The van der Waals surface area contributed by atoms with E-state index < -0.39 is 11.5 Å². The number of rotatable bonds is 2. The molecule has 2 fully saturated rings. The van der Waals surface area contributed by atoms with Gasteiger partial charge in [-0.25, -0.2) is 9.97 Å². The van der Waals surface area contributed by atoms with E-state index in [0.29, 0.717) is 23.2 Å². The van der Waals surface area contributed by atoms with Gasteiger partial charge < -0.3 is 9.88 Å². The number of anilines is 1. The van der Waals surface area contributed by atoms with E-state index in [9.17, 15) is 9.18 Å². The predicted octanol–water partition coefficient (Wildman–Crippen LogP) is 1.91. The number of H-pyrrole nitrogens is 1. The molecule has 24 heavy (non-hydrogen) atoms. The van der Waals surface area contributed by atoms with Crippen LogP contribution in [-0.4, -0.2) is 52.1 Å². The minimum absolute atomic E-state index is 0.0831. The average Bonchev–Trinajstić information content (AvgIpc) is 3.05. The molecular formula is C16H17ClFN5O. The highest BCUT2D eigenvalue weighted by Gasteiger charge is 2.32. The summed E-state index contributed by atoms with van der Waals surface area (Å²) in [7, 11) is 0. The van der Waals surface area contributed by atoms with Crippen molar-refractivity contribution in [3.63, 3.8) is 0 Å². The van der Waals surface area contributed by atoms with Gasteiger partial charge in [0.15, 0.2) is 5.82 Å². The molecule has 2 aliphatic heterocycles. The van der Waals surface area contributed by atoms with Gasteiger partial charge in [0.1, 0.15) is 10.8 Å². The molecule has 0 aliphatic carbocycles. The van der Waals surface area contributed by atoms with Gasteiger partial charge in [0.2, 0.25) is 5.95 Å². The van der Waals surface area contributed by atoms with E-state index in [1.54, 1.807) is 6.07 Å². The van der Waals surface area contributed by atoms with Crippen molar-refractivity contribution >= 4 is 17.4 Å². The van der Waals surface area contributed by atoms with Crippen LogP contribution < -0.4 is 10.5 Å². The van der Waals surface area contributed by atoms with Crippen molar-refractivity contribution in [1.29, 1.82) is 0 Å². The summed E-state index contributed by atoms with van der Waals surface area (Å²) in [5.74, 6) is 0.153.